The maximum atomic E-state index is 3.74. The number of hydrogen-bond donors (Lipinski definition) is 2. The van der Waals surface area contributed by atoms with Crippen molar-refractivity contribution in [3.05, 3.63) is 0 Å². The molecule has 0 aromatic rings. The molecule has 1 aliphatic carbocycles. The van der Waals surface area contributed by atoms with Crippen molar-refractivity contribution in [1.82, 2.24) is 10.6 Å². The van der Waals surface area contributed by atoms with Crippen LogP contribution in [0.2, 0.25) is 0 Å². The zero-order valence-electron chi connectivity index (χ0n) is 13.1. The normalized spacial score (nSPS) is 26.5. The summed E-state index contributed by atoms with van der Waals surface area (Å²) < 4.78 is 0. The molecule has 2 rings (SSSR count). The van der Waals surface area contributed by atoms with Gasteiger partial charge in [0, 0.05) is 6.54 Å². The van der Waals surface area contributed by atoms with Crippen molar-refractivity contribution in [2.24, 2.45) is 17.3 Å². The summed E-state index contributed by atoms with van der Waals surface area (Å²) >= 11 is 0. The molecule has 1 unspecified atom stereocenters. The molecule has 112 valence electrons. The van der Waals surface area contributed by atoms with E-state index in [9.17, 15) is 0 Å². The predicted molar refractivity (Wildman–Crippen MR) is 83.4 cm³/mol. The Bertz CT molecular complexity index is 238. The number of hydrogen-bond acceptors (Lipinski definition) is 2. The fourth-order valence-electron chi connectivity index (χ4n) is 3.92. The van der Waals surface area contributed by atoms with Crippen molar-refractivity contribution in [1.29, 1.82) is 0 Å². The van der Waals surface area contributed by atoms with Gasteiger partial charge >= 0.3 is 0 Å². The summed E-state index contributed by atoms with van der Waals surface area (Å²) in [5.41, 5.74) is 0.491. The molecule has 2 heteroatoms. The van der Waals surface area contributed by atoms with E-state index in [1.54, 1.807) is 0 Å². The van der Waals surface area contributed by atoms with Crippen molar-refractivity contribution < 1.29 is 0 Å². The maximum absolute atomic E-state index is 3.74. The summed E-state index contributed by atoms with van der Waals surface area (Å²) in [5, 5.41) is 7.26. The Morgan fingerprint density at radius 3 is 2.53 bits per heavy atom. The van der Waals surface area contributed by atoms with Gasteiger partial charge in [0.25, 0.3) is 0 Å². The van der Waals surface area contributed by atoms with E-state index in [2.05, 4.69) is 24.5 Å². The van der Waals surface area contributed by atoms with Gasteiger partial charge in [-0.05, 0) is 69.0 Å². The standard InChI is InChI=1S/C17H34N2/c1-17(2,16-8-4-3-5-9-16)14-19-12-10-15-7-6-11-18-13-15/h15-16,18-19H,3-14H2,1-2H3. The summed E-state index contributed by atoms with van der Waals surface area (Å²) in [7, 11) is 0. The molecule has 0 bridgehead atoms. The van der Waals surface area contributed by atoms with Gasteiger partial charge in [-0.15, -0.1) is 0 Å². The molecule has 1 heterocycles. The third-order valence-electron chi connectivity index (χ3n) is 5.42. The van der Waals surface area contributed by atoms with Crippen molar-refractivity contribution in [3.8, 4) is 0 Å². The highest BCUT2D eigenvalue weighted by atomic mass is 14.9. The van der Waals surface area contributed by atoms with Crippen LogP contribution in [0.1, 0.15) is 65.2 Å². The van der Waals surface area contributed by atoms with Crippen LogP contribution in [0.5, 0.6) is 0 Å². The molecule has 2 fully saturated rings. The Balaban J connectivity index is 1.60. The number of nitrogens with one attached hydrogen (secondary N) is 2. The topological polar surface area (TPSA) is 24.1 Å². The second-order valence-corrected chi connectivity index (χ2v) is 7.50. The smallest absolute Gasteiger partial charge is 0.000517 e. The maximum Gasteiger partial charge on any atom is 0.000517 e. The third-order valence-corrected chi connectivity index (χ3v) is 5.42. The largest absolute Gasteiger partial charge is 0.316 e. The number of rotatable bonds is 6. The van der Waals surface area contributed by atoms with Crippen LogP contribution in [0.15, 0.2) is 0 Å². The van der Waals surface area contributed by atoms with E-state index in [1.165, 1.54) is 77.5 Å². The lowest BCUT2D eigenvalue weighted by Crippen LogP contribution is -2.38. The quantitative estimate of drug-likeness (QED) is 0.718. The van der Waals surface area contributed by atoms with Gasteiger partial charge < -0.3 is 10.6 Å². The lowest BCUT2D eigenvalue weighted by atomic mass is 9.71. The molecule has 1 saturated heterocycles. The Hall–Kier alpha value is -0.0800. The van der Waals surface area contributed by atoms with E-state index in [0.29, 0.717) is 5.41 Å². The molecule has 1 atom stereocenters. The highest BCUT2D eigenvalue weighted by Crippen LogP contribution is 2.37. The molecular weight excluding hydrogens is 232 g/mol. The minimum atomic E-state index is 0.491. The molecule has 0 amide bonds. The molecule has 2 aliphatic rings. The second kappa shape index (κ2) is 7.64. The first kappa shape index (κ1) is 15.3. The van der Waals surface area contributed by atoms with Crippen molar-refractivity contribution in [2.75, 3.05) is 26.2 Å². The van der Waals surface area contributed by atoms with Gasteiger partial charge in [-0.2, -0.15) is 0 Å². The molecule has 0 spiro atoms. The van der Waals surface area contributed by atoms with Crippen LogP contribution in [0.4, 0.5) is 0 Å². The Morgan fingerprint density at radius 1 is 1.05 bits per heavy atom. The fraction of sp³-hybridized carbons (Fsp3) is 1.00. The zero-order valence-corrected chi connectivity index (χ0v) is 13.1. The molecule has 2 nitrogen and oxygen atoms in total. The molecule has 0 aromatic heterocycles. The Kier molecular flexibility index (Phi) is 6.15. The molecule has 0 aromatic carbocycles. The first-order valence-electron chi connectivity index (χ1n) is 8.60. The van der Waals surface area contributed by atoms with Crippen LogP contribution in [-0.2, 0) is 0 Å². The highest BCUT2D eigenvalue weighted by Gasteiger charge is 2.30. The van der Waals surface area contributed by atoms with Gasteiger partial charge in [-0.1, -0.05) is 33.1 Å². The monoisotopic (exact) mass is 266 g/mol. The van der Waals surface area contributed by atoms with Gasteiger partial charge in [0.05, 0.1) is 0 Å². The van der Waals surface area contributed by atoms with Crippen molar-refractivity contribution in [2.45, 2.75) is 65.2 Å². The zero-order chi connectivity index (χ0) is 13.6. The van der Waals surface area contributed by atoms with E-state index in [4.69, 9.17) is 0 Å². The average Bonchev–Trinajstić information content (AvgIpc) is 2.46. The van der Waals surface area contributed by atoms with E-state index >= 15 is 0 Å². The Labute approximate surface area is 120 Å². The molecular formula is C17H34N2. The van der Waals surface area contributed by atoms with Gasteiger partial charge in [0.1, 0.15) is 0 Å². The summed E-state index contributed by atoms with van der Waals surface area (Å²) in [6.07, 6.45) is 11.5. The van der Waals surface area contributed by atoms with Gasteiger partial charge in [-0.25, -0.2) is 0 Å². The average molecular weight is 266 g/mol. The Morgan fingerprint density at radius 2 is 1.84 bits per heavy atom. The SMILES string of the molecule is CC(C)(CNCCC1CCCNC1)C1CCCCC1. The van der Waals surface area contributed by atoms with Gasteiger partial charge in [-0.3, -0.25) is 0 Å². The van der Waals surface area contributed by atoms with Crippen LogP contribution < -0.4 is 10.6 Å². The van der Waals surface area contributed by atoms with E-state index in [-0.39, 0.29) is 0 Å². The molecule has 1 saturated carbocycles. The lowest BCUT2D eigenvalue weighted by Gasteiger charge is -2.37. The number of piperidine rings is 1. The van der Waals surface area contributed by atoms with E-state index in [1.807, 2.05) is 0 Å². The fourth-order valence-corrected chi connectivity index (χ4v) is 3.92. The summed E-state index contributed by atoms with van der Waals surface area (Å²) in [6, 6.07) is 0. The molecule has 2 N–H and O–H groups in total. The second-order valence-electron chi connectivity index (χ2n) is 7.50. The third kappa shape index (κ3) is 5.07. The van der Waals surface area contributed by atoms with Crippen LogP contribution in [0, 0.1) is 17.3 Å². The molecule has 1 aliphatic heterocycles. The molecule has 0 radical (unpaired) electrons. The van der Waals surface area contributed by atoms with Crippen molar-refractivity contribution in [3.63, 3.8) is 0 Å². The van der Waals surface area contributed by atoms with Crippen LogP contribution in [0.25, 0.3) is 0 Å². The van der Waals surface area contributed by atoms with Crippen LogP contribution in [-0.4, -0.2) is 26.2 Å². The van der Waals surface area contributed by atoms with Crippen LogP contribution in [0.3, 0.4) is 0 Å². The minimum Gasteiger partial charge on any atom is -0.316 e. The summed E-state index contributed by atoms with van der Waals surface area (Å²) in [5.74, 6) is 1.86. The first-order valence-corrected chi connectivity index (χ1v) is 8.60. The summed E-state index contributed by atoms with van der Waals surface area (Å²) in [6.45, 7) is 9.84. The first-order chi connectivity index (χ1) is 9.18. The predicted octanol–water partition coefficient (Wildman–Crippen LogP) is 3.57. The van der Waals surface area contributed by atoms with E-state index in [0.717, 1.165) is 11.8 Å². The lowest BCUT2D eigenvalue weighted by molar-refractivity contribution is 0.153. The highest BCUT2D eigenvalue weighted by molar-refractivity contribution is 4.83. The van der Waals surface area contributed by atoms with Crippen LogP contribution >= 0.6 is 0 Å². The summed E-state index contributed by atoms with van der Waals surface area (Å²) in [4.78, 5) is 0. The van der Waals surface area contributed by atoms with Gasteiger partial charge in [0.2, 0.25) is 0 Å². The molecule has 19 heavy (non-hydrogen) atoms. The minimum absolute atomic E-state index is 0.491. The van der Waals surface area contributed by atoms with Gasteiger partial charge in [0.15, 0.2) is 0 Å². The van der Waals surface area contributed by atoms with Crippen molar-refractivity contribution >= 4 is 0 Å². The van der Waals surface area contributed by atoms with E-state index < -0.39 is 0 Å².